The molecule has 0 amide bonds. The Bertz CT molecular complexity index is 338. The van der Waals surface area contributed by atoms with E-state index >= 15 is 0 Å². The highest BCUT2D eigenvalue weighted by Crippen LogP contribution is 2.21. The number of hydrogen-bond acceptors (Lipinski definition) is 1. The zero-order valence-corrected chi connectivity index (χ0v) is 11.8. The predicted molar refractivity (Wildman–Crippen MR) is 72.4 cm³/mol. The standard InChI is InChI=1S/C14H22OSi/c1-12(13-8-6-5-7-9-13)10-11-14(15)16(2,3)4/h5-9,12H,10-11H2,1-4H3. The molecular formula is C14H22OSi. The fourth-order valence-corrected chi connectivity index (χ4v) is 2.57. The maximum Gasteiger partial charge on any atom is 0.123 e. The molecule has 2 heteroatoms. The van der Waals surface area contributed by atoms with Crippen molar-refractivity contribution in [2.75, 3.05) is 0 Å². The van der Waals surface area contributed by atoms with Crippen molar-refractivity contribution >= 4 is 13.5 Å². The molecule has 1 aromatic rings. The van der Waals surface area contributed by atoms with E-state index in [4.69, 9.17) is 0 Å². The first-order valence-corrected chi connectivity index (χ1v) is 9.49. The van der Waals surface area contributed by atoms with Gasteiger partial charge in [0.05, 0.1) is 0 Å². The Morgan fingerprint density at radius 1 is 1.19 bits per heavy atom. The lowest BCUT2D eigenvalue weighted by Gasteiger charge is -2.16. The second kappa shape index (κ2) is 5.44. The topological polar surface area (TPSA) is 17.1 Å². The summed E-state index contributed by atoms with van der Waals surface area (Å²) in [7, 11) is -1.57. The molecule has 0 saturated carbocycles. The fraction of sp³-hybridized carbons (Fsp3) is 0.500. The summed E-state index contributed by atoms with van der Waals surface area (Å²) < 4.78 is 0. The summed E-state index contributed by atoms with van der Waals surface area (Å²) in [5.74, 6) is 0.487. The molecule has 0 saturated heterocycles. The zero-order valence-electron chi connectivity index (χ0n) is 10.8. The SMILES string of the molecule is CC(CCC(=O)[Si](C)(C)C)c1ccccc1. The first-order valence-electron chi connectivity index (χ1n) is 5.99. The zero-order chi connectivity index (χ0) is 12.2. The van der Waals surface area contributed by atoms with E-state index in [1.54, 1.807) is 0 Å². The van der Waals surface area contributed by atoms with Crippen LogP contribution in [0.5, 0.6) is 0 Å². The van der Waals surface area contributed by atoms with Crippen molar-refractivity contribution in [3.05, 3.63) is 35.9 Å². The summed E-state index contributed by atoms with van der Waals surface area (Å²) in [6.07, 6.45) is 1.72. The van der Waals surface area contributed by atoms with E-state index < -0.39 is 8.07 Å². The van der Waals surface area contributed by atoms with E-state index in [-0.39, 0.29) is 0 Å². The van der Waals surface area contributed by atoms with Crippen molar-refractivity contribution in [3.63, 3.8) is 0 Å². The fourth-order valence-electron chi connectivity index (χ4n) is 1.67. The third-order valence-electron chi connectivity index (χ3n) is 3.01. The first-order chi connectivity index (χ1) is 7.41. The van der Waals surface area contributed by atoms with Gasteiger partial charge in [-0.25, -0.2) is 0 Å². The van der Waals surface area contributed by atoms with Gasteiger partial charge in [-0.05, 0) is 17.9 Å². The van der Waals surface area contributed by atoms with Crippen LogP contribution >= 0.6 is 0 Å². The van der Waals surface area contributed by atoms with Crippen molar-refractivity contribution < 1.29 is 4.79 Å². The van der Waals surface area contributed by atoms with Crippen LogP contribution in [0.2, 0.25) is 19.6 Å². The molecule has 0 heterocycles. The second-order valence-corrected chi connectivity index (χ2v) is 10.6. The van der Waals surface area contributed by atoms with Crippen LogP contribution in [0.15, 0.2) is 30.3 Å². The smallest absolute Gasteiger partial charge is 0.123 e. The normalized spacial score (nSPS) is 13.5. The van der Waals surface area contributed by atoms with Gasteiger partial charge in [0, 0.05) is 6.42 Å². The van der Waals surface area contributed by atoms with Crippen molar-refractivity contribution in [1.29, 1.82) is 0 Å². The van der Waals surface area contributed by atoms with E-state index in [1.165, 1.54) is 5.56 Å². The van der Waals surface area contributed by atoms with Gasteiger partial charge < -0.3 is 4.79 Å². The van der Waals surface area contributed by atoms with Crippen molar-refractivity contribution in [2.24, 2.45) is 0 Å². The molecule has 1 nitrogen and oxygen atoms in total. The van der Waals surface area contributed by atoms with Crippen LogP contribution in [-0.4, -0.2) is 13.5 Å². The molecular weight excluding hydrogens is 212 g/mol. The first kappa shape index (κ1) is 13.2. The Hall–Kier alpha value is -0.893. The molecule has 1 rings (SSSR count). The monoisotopic (exact) mass is 234 g/mol. The molecule has 0 aliphatic heterocycles. The second-order valence-electron chi connectivity index (χ2n) is 5.52. The molecule has 0 radical (unpaired) electrons. The molecule has 1 unspecified atom stereocenters. The third kappa shape index (κ3) is 3.93. The number of benzene rings is 1. The summed E-state index contributed by atoms with van der Waals surface area (Å²) in [6, 6.07) is 10.4. The van der Waals surface area contributed by atoms with Crippen molar-refractivity contribution in [3.8, 4) is 0 Å². The highest BCUT2D eigenvalue weighted by atomic mass is 28.3. The van der Waals surface area contributed by atoms with Crippen LogP contribution in [0, 0.1) is 0 Å². The van der Waals surface area contributed by atoms with E-state index in [2.05, 4.69) is 50.8 Å². The Kier molecular flexibility index (Phi) is 4.48. The Morgan fingerprint density at radius 2 is 1.75 bits per heavy atom. The van der Waals surface area contributed by atoms with Gasteiger partial charge in [0.2, 0.25) is 0 Å². The third-order valence-corrected chi connectivity index (χ3v) is 4.93. The Labute approximate surface area is 99.9 Å². The van der Waals surface area contributed by atoms with Crippen LogP contribution < -0.4 is 0 Å². The van der Waals surface area contributed by atoms with Crippen LogP contribution in [-0.2, 0) is 4.79 Å². The Morgan fingerprint density at radius 3 is 2.25 bits per heavy atom. The van der Waals surface area contributed by atoms with Gasteiger partial charge in [0.25, 0.3) is 0 Å². The maximum absolute atomic E-state index is 11.9. The van der Waals surface area contributed by atoms with Gasteiger partial charge in [-0.1, -0.05) is 56.9 Å². The van der Waals surface area contributed by atoms with Gasteiger partial charge in [-0.15, -0.1) is 0 Å². The summed E-state index contributed by atoms with van der Waals surface area (Å²) in [5, 5.41) is 0.496. The van der Waals surface area contributed by atoms with Gasteiger partial charge in [0.15, 0.2) is 0 Å². The number of hydrogen-bond donors (Lipinski definition) is 0. The quantitative estimate of drug-likeness (QED) is 0.703. The maximum atomic E-state index is 11.9. The van der Waals surface area contributed by atoms with Gasteiger partial charge in [-0.2, -0.15) is 0 Å². The molecule has 0 bridgehead atoms. The molecule has 0 spiro atoms. The summed E-state index contributed by atoms with van der Waals surface area (Å²) in [6.45, 7) is 8.58. The molecule has 1 atom stereocenters. The molecule has 0 aliphatic rings. The summed E-state index contributed by atoms with van der Waals surface area (Å²) >= 11 is 0. The highest BCUT2D eigenvalue weighted by Gasteiger charge is 2.23. The molecule has 0 aromatic heterocycles. The van der Waals surface area contributed by atoms with Crippen LogP contribution in [0.25, 0.3) is 0 Å². The average molecular weight is 234 g/mol. The number of carbonyl (C=O) groups excluding carboxylic acids is 1. The Balaban J connectivity index is 2.48. The van der Waals surface area contributed by atoms with E-state index in [0.29, 0.717) is 11.3 Å². The minimum Gasteiger partial charge on any atom is -0.305 e. The predicted octanol–water partition coefficient (Wildman–Crippen LogP) is 4.02. The van der Waals surface area contributed by atoms with E-state index in [0.717, 1.165) is 12.8 Å². The van der Waals surface area contributed by atoms with Crippen LogP contribution in [0.4, 0.5) is 0 Å². The average Bonchev–Trinajstić information content (AvgIpc) is 2.25. The van der Waals surface area contributed by atoms with Crippen LogP contribution in [0.1, 0.15) is 31.2 Å². The minimum atomic E-state index is -1.57. The highest BCUT2D eigenvalue weighted by molar-refractivity contribution is 7.03. The van der Waals surface area contributed by atoms with E-state index in [1.807, 2.05) is 6.07 Å². The lowest BCUT2D eigenvalue weighted by Crippen LogP contribution is -2.33. The summed E-state index contributed by atoms with van der Waals surface area (Å²) in [4.78, 5) is 11.9. The molecule has 88 valence electrons. The molecule has 16 heavy (non-hydrogen) atoms. The lowest BCUT2D eigenvalue weighted by molar-refractivity contribution is -0.112. The molecule has 0 fully saturated rings. The molecule has 0 N–H and O–H groups in total. The van der Waals surface area contributed by atoms with Crippen molar-refractivity contribution in [2.45, 2.75) is 45.3 Å². The number of rotatable bonds is 5. The van der Waals surface area contributed by atoms with Crippen molar-refractivity contribution in [1.82, 2.24) is 0 Å². The van der Waals surface area contributed by atoms with Crippen LogP contribution in [0.3, 0.4) is 0 Å². The van der Waals surface area contributed by atoms with Gasteiger partial charge in [-0.3, -0.25) is 0 Å². The van der Waals surface area contributed by atoms with E-state index in [9.17, 15) is 4.79 Å². The number of carbonyl (C=O) groups is 1. The van der Waals surface area contributed by atoms with Gasteiger partial charge >= 0.3 is 0 Å². The lowest BCUT2D eigenvalue weighted by atomic mass is 9.97. The largest absolute Gasteiger partial charge is 0.305 e. The minimum absolute atomic E-state index is 0.487. The summed E-state index contributed by atoms with van der Waals surface area (Å²) in [5.41, 5.74) is 1.34. The molecule has 0 aliphatic carbocycles. The molecule has 1 aromatic carbocycles. The van der Waals surface area contributed by atoms with Gasteiger partial charge in [0.1, 0.15) is 13.5 Å².